The van der Waals surface area contributed by atoms with E-state index < -0.39 is 15.2 Å². The van der Waals surface area contributed by atoms with Crippen molar-refractivity contribution in [3.05, 3.63) is 41.7 Å². The summed E-state index contributed by atoms with van der Waals surface area (Å²) in [4.78, 5) is 0. The van der Waals surface area contributed by atoms with Crippen LogP contribution in [-0.2, 0) is 20.3 Å². The normalized spacial score (nSPS) is 13.3. The Morgan fingerprint density at radius 2 is 1.95 bits per heavy atom. The van der Waals surface area contributed by atoms with Crippen LogP contribution in [0.5, 0.6) is 0 Å². The fourth-order valence-electron chi connectivity index (χ4n) is 2.13. The van der Waals surface area contributed by atoms with E-state index in [0.717, 1.165) is 12.0 Å². The Balaban J connectivity index is 2.54. The van der Waals surface area contributed by atoms with Gasteiger partial charge < -0.3 is 4.74 Å². The molecule has 1 atom stereocenters. The van der Waals surface area contributed by atoms with Crippen LogP contribution in [0.2, 0.25) is 0 Å². The van der Waals surface area contributed by atoms with Crippen molar-refractivity contribution < 1.29 is 13.2 Å². The van der Waals surface area contributed by atoms with Gasteiger partial charge in [0.1, 0.15) is 6.10 Å². The Kier molecular flexibility index (Phi) is 4.97. The lowest BCUT2D eigenvalue weighted by Crippen LogP contribution is -2.15. The van der Waals surface area contributed by atoms with Gasteiger partial charge in [-0.1, -0.05) is 37.3 Å². The van der Waals surface area contributed by atoms with Crippen LogP contribution in [0.25, 0.3) is 0 Å². The van der Waals surface area contributed by atoms with Gasteiger partial charge in [0.25, 0.3) is 14.2 Å². The van der Waals surface area contributed by atoms with Gasteiger partial charge in [-0.05, 0) is 12.0 Å². The molecule has 0 amide bonds. The number of hydrogen-bond donors (Lipinski definition) is 0. The molecule has 21 heavy (non-hydrogen) atoms. The molecule has 0 saturated carbocycles. The zero-order valence-electron chi connectivity index (χ0n) is 11.7. The molecule has 0 saturated heterocycles. The molecule has 0 fully saturated rings. The van der Waals surface area contributed by atoms with Gasteiger partial charge in [0.2, 0.25) is 0 Å². The van der Waals surface area contributed by atoms with Crippen LogP contribution < -0.4 is 0 Å². The van der Waals surface area contributed by atoms with Crippen molar-refractivity contribution in [2.75, 3.05) is 7.11 Å². The van der Waals surface area contributed by atoms with E-state index in [9.17, 15) is 8.42 Å². The lowest BCUT2D eigenvalue weighted by atomic mass is 10.1. The molecule has 6 nitrogen and oxygen atoms in total. The first-order valence-electron chi connectivity index (χ1n) is 6.44. The van der Waals surface area contributed by atoms with E-state index in [-0.39, 0.29) is 5.16 Å². The molecule has 0 bridgehead atoms. The minimum atomic E-state index is -3.95. The predicted molar refractivity (Wildman–Crippen MR) is 78.6 cm³/mol. The Labute approximate surface area is 128 Å². The number of rotatable bonds is 6. The van der Waals surface area contributed by atoms with E-state index in [1.54, 1.807) is 0 Å². The smallest absolute Gasteiger partial charge is 0.296 e. The first-order valence-corrected chi connectivity index (χ1v) is 8.75. The van der Waals surface area contributed by atoms with Crippen molar-refractivity contribution in [3.63, 3.8) is 0 Å². The highest BCUT2D eigenvalue weighted by molar-refractivity contribution is 8.13. The van der Waals surface area contributed by atoms with Crippen LogP contribution in [-0.4, -0.2) is 30.3 Å². The molecule has 2 rings (SSSR count). The van der Waals surface area contributed by atoms with E-state index in [1.807, 2.05) is 37.3 Å². The maximum absolute atomic E-state index is 11.6. The average Bonchev–Trinajstić information content (AvgIpc) is 2.85. The summed E-state index contributed by atoms with van der Waals surface area (Å²) < 4.78 is 30.1. The van der Waals surface area contributed by atoms with E-state index in [2.05, 4.69) is 10.2 Å². The highest BCUT2D eigenvalue weighted by Crippen LogP contribution is 2.26. The van der Waals surface area contributed by atoms with Gasteiger partial charge in [0, 0.05) is 24.3 Å². The van der Waals surface area contributed by atoms with Gasteiger partial charge in [-0.3, -0.25) is 4.57 Å². The standard InChI is InChI=1S/C13H16ClN3O3S/c1-3-9-17-12(15-16-13(17)21(14,18)19)11(20-2)10-7-5-4-6-8-10/h4-8,11H,3,9H2,1-2H3. The highest BCUT2D eigenvalue weighted by atomic mass is 35.7. The summed E-state index contributed by atoms with van der Waals surface area (Å²) in [7, 11) is 3.00. The van der Waals surface area contributed by atoms with Crippen molar-refractivity contribution in [2.24, 2.45) is 0 Å². The van der Waals surface area contributed by atoms with Crippen LogP contribution in [0, 0.1) is 0 Å². The highest BCUT2D eigenvalue weighted by Gasteiger charge is 2.27. The molecule has 0 aliphatic heterocycles. The van der Waals surface area contributed by atoms with Gasteiger partial charge in [-0.25, -0.2) is 8.42 Å². The zero-order chi connectivity index (χ0) is 15.5. The van der Waals surface area contributed by atoms with Crippen LogP contribution in [0.1, 0.15) is 30.8 Å². The van der Waals surface area contributed by atoms with Crippen LogP contribution in [0.15, 0.2) is 35.5 Å². The lowest BCUT2D eigenvalue weighted by Gasteiger charge is -2.16. The monoisotopic (exact) mass is 329 g/mol. The summed E-state index contributed by atoms with van der Waals surface area (Å²) in [5, 5.41) is 7.44. The molecule has 0 aliphatic rings. The number of ether oxygens (including phenoxy) is 1. The van der Waals surface area contributed by atoms with E-state index >= 15 is 0 Å². The second kappa shape index (κ2) is 6.55. The third kappa shape index (κ3) is 3.42. The van der Waals surface area contributed by atoms with Crippen LogP contribution in [0.3, 0.4) is 0 Å². The molecule has 1 aromatic carbocycles. The molecule has 0 radical (unpaired) electrons. The van der Waals surface area contributed by atoms with E-state index in [0.29, 0.717) is 12.4 Å². The molecule has 0 spiro atoms. The number of nitrogens with zero attached hydrogens (tertiary/aromatic N) is 3. The average molecular weight is 330 g/mol. The molecule has 1 heterocycles. The van der Waals surface area contributed by atoms with E-state index in [1.165, 1.54) is 11.7 Å². The zero-order valence-corrected chi connectivity index (χ0v) is 13.3. The lowest BCUT2D eigenvalue weighted by molar-refractivity contribution is 0.124. The number of benzene rings is 1. The van der Waals surface area contributed by atoms with Gasteiger partial charge in [-0.15, -0.1) is 10.2 Å². The predicted octanol–water partition coefficient (Wildman–Crippen LogP) is 2.35. The van der Waals surface area contributed by atoms with Crippen LogP contribution >= 0.6 is 10.7 Å². The van der Waals surface area contributed by atoms with Gasteiger partial charge in [0.05, 0.1) is 0 Å². The molecular formula is C13H16ClN3O3S. The number of halogens is 1. The third-order valence-corrected chi connectivity index (χ3v) is 4.14. The second-order valence-electron chi connectivity index (χ2n) is 4.46. The minimum absolute atomic E-state index is 0.251. The summed E-state index contributed by atoms with van der Waals surface area (Å²) in [6.07, 6.45) is 0.216. The number of hydrogen-bond acceptors (Lipinski definition) is 5. The summed E-state index contributed by atoms with van der Waals surface area (Å²) in [6.45, 7) is 2.37. The Morgan fingerprint density at radius 3 is 2.48 bits per heavy atom. The topological polar surface area (TPSA) is 74.1 Å². The first kappa shape index (κ1) is 15.9. The molecule has 0 N–H and O–H groups in total. The third-order valence-electron chi connectivity index (χ3n) is 2.98. The molecule has 1 aromatic heterocycles. The second-order valence-corrected chi connectivity index (χ2v) is 6.92. The quantitative estimate of drug-likeness (QED) is 0.760. The SMILES string of the molecule is CCCn1c(C(OC)c2ccccc2)nnc1S(=O)(=O)Cl. The van der Waals surface area contributed by atoms with Crippen molar-refractivity contribution >= 4 is 19.7 Å². The fourth-order valence-corrected chi connectivity index (χ4v) is 3.06. The van der Waals surface area contributed by atoms with Gasteiger partial charge in [0.15, 0.2) is 5.82 Å². The molecule has 0 aliphatic carbocycles. The first-order chi connectivity index (χ1) is 9.99. The summed E-state index contributed by atoms with van der Waals surface area (Å²) in [5.41, 5.74) is 0.864. The minimum Gasteiger partial charge on any atom is -0.369 e. The molecule has 114 valence electrons. The van der Waals surface area contributed by atoms with E-state index in [4.69, 9.17) is 15.4 Å². The van der Waals surface area contributed by atoms with Crippen molar-refractivity contribution in [2.45, 2.75) is 31.1 Å². The Hall–Kier alpha value is -1.44. The summed E-state index contributed by atoms with van der Waals surface area (Å²) >= 11 is 0. The van der Waals surface area contributed by atoms with Crippen molar-refractivity contribution in [1.29, 1.82) is 0 Å². The van der Waals surface area contributed by atoms with Gasteiger partial charge in [-0.2, -0.15) is 0 Å². The maximum atomic E-state index is 11.6. The Bertz CT molecular complexity index is 701. The number of methoxy groups -OCH3 is 1. The summed E-state index contributed by atoms with van der Waals surface area (Å²) in [5.74, 6) is 0.421. The molecular weight excluding hydrogens is 314 g/mol. The summed E-state index contributed by atoms with van der Waals surface area (Å²) in [6, 6.07) is 9.41. The Morgan fingerprint density at radius 1 is 1.29 bits per heavy atom. The maximum Gasteiger partial charge on any atom is 0.296 e. The number of aromatic nitrogens is 3. The van der Waals surface area contributed by atoms with Crippen molar-refractivity contribution in [3.8, 4) is 0 Å². The van der Waals surface area contributed by atoms with Crippen molar-refractivity contribution in [1.82, 2.24) is 14.8 Å². The molecule has 8 heteroatoms. The molecule has 1 unspecified atom stereocenters. The fraction of sp³-hybridized carbons (Fsp3) is 0.385. The van der Waals surface area contributed by atoms with Crippen LogP contribution in [0.4, 0.5) is 0 Å². The largest absolute Gasteiger partial charge is 0.369 e. The van der Waals surface area contributed by atoms with Gasteiger partial charge >= 0.3 is 0 Å². The molecule has 2 aromatic rings.